The molecule has 3 aliphatic carbocycles. The van der Waals surface area contributed by atoms with E-state index in [4.69, 9.17) is 6.85 Å². The molecule has 0 aromatic heterocycles. The van der Waals surface area contributed by atoms with Crippen LogP contribution in [-0.4, -0.2) is 0 Å². The molecule has 0 radical (unpaired) electrons. The quantitative estimate of drug-likeness (QED) is 0.174. The van der Waals surface area contributed by atoms with Gasteiger partial charge in [-0.3, -0.25) is 0 Å². The van der Waals surface area contributed by atoms with Crippen molar-refractivity contribution < 1.29 is 6.85 Å². The van der Waals surface area contributed by atoms with E-state index in [1.54, 1.807) is 0 Å². The van der Waals surface area contributed by atoms with Crippen molar-refractivity contribution in [3.05, 3.63) is 233 Å². The van der Waals surface area contributed by atoms with Gasteiger partial charge < -0.3 is 4.90 Å². The second-order valence-electron chi connectivity index (χ2n) is 16.1. The minimum Gasteiger partial charge on any atom is -0.310 e. The molecule has 1 nitrogen and oxygen atoms in total. The molecule has 9 aromatic rings. The molecule has 268 valence electrons. The van der Waals surface area contributed by atoms with Gasteiger partial charge in [-0.25, -0.2) is 0 Å². The van der Waals surface area contributed by atoms with Gasteiger partial charge in [-0.15, -0.1) is 0 Å². The number of benzene rings is 9. The largest absolute Gasteiger partial charge is 0.310 e. The molecule has 0 aliphatic heterocycles. The van der Waals surface area contributed by atoms with Gasteiger partial charge in [0.25, 0.3) is 0 Å². The molecule has 12 rings (SSSR count). The van der Waals surface area contributed by atoms with Gasteiger partial charge in [-0.2, -0.15) is 0 Å². The topological polar surface area (TPSA) is 3.24 Å². The van der Waals surface area contributed by atoms with Crippen molar-refractivity contribution in [2.75, 3.05) is 4.90 Å². The molecule has 9 aromatic carbocycles. The van der Waals surface area contributed by atoms with Crippen LogP contribution in [0.15, 0.2) is 200 Å². The lowest BCUT2D eigenvalue weighted by Crippen LogP contribution is -2.26. The van der Waals surface area contributed by atoms with Crippen molar-refractivity contribution in [1.82, 2.24) is 0 Å². The summed E-state index contributed by atoms with van der Waals surface area (Å²) in [4.78, 5) is 2.31. The normalized spacial score (nSPS) is 17.3. The zero-order chi connectivity index (χ0) is 42.2. The highest BCUT2D eigenvalue weighted by atomic mass is 15.1. The van der Waals surface area contributed by atoms with Crippen molar-refractivity contribution in [3.8, 4) is 44.5 Å². The lowest BCUT2D eigenvalue weighted by atomic mass is 9.70. The second-order valence-corrected chi connectivity index (χ2v) is 16.1. The van der Waals surface area contributed by atoms with Crippen LogP contribution in [0, 0.1) is 0 Å². The van der Waals surface area contributed by atoms with Crippen molar-refractivity contribution in [2.24, 2.45) is 0 Å². The summed E-state index contributed by atoms with van der Waals surface area (Å²) in [5.74, 6) is 0. The van der Waals surface area contributed by atoms with Gasteiger partial charge in [-0.1, -0.05) is 178 Å². The van der Waals surface area contributed by atoms with Crippen LogP contribution in [0.2, 0.25) is 0 Å². The Morgan fingerprint density at radius 2 is 0.947 bits per heavy atom. The molecular weight excluding hydrogens is 687 g/mol. The number of anilines is 3. The molecule has 1 heteroatoms. The predicted molar refractivity (Wildman–Crippen MR) is 238 cm³/mol. The molecule has 3 aliphatic rings. The first-order chi connectivity index (χ1) is 30.1. The van der Waals surface area contributed by atoms with E-state index in [9.17, 15) is 0 Å². The van der Waals surface area contributed by atoms with Crippen molar-refractivity contribution in [3.63, 3.8) is 0 Å². The van der Waals surface area contributed by atoms with Crippen LogP contribution >= 0.6 is 0 Å². The Morgan fingerprint density at radius 3 is 1.68 bits per heavy atom. The van der Waals surface area contributed by atoms with Gasteiger partial charge in [0.1, 0.15) is 0 Å². The zero-order valence-electron chi connectivity index (χ0n) is 36.6. The van der Waals surface area contributed by atoms with Gasteiger partial charge in [0.05, 0.1) is 12.3 Å². The van der Waals surface area contributed by atoms with Crippen molar-refractivity contribution >= 4 is 27.8 Å². The Labute approximate surface area is 341 Å². The molecule has 1 spiro atoms. The maximum absolute atomic E-state index is 8.71. The standard InChI is InChI=1S/C56H39N/c1-55(2)48-21-11-8-18-43(48)45-31-29-40(34-52(45)55)57(39-27-24-37(25-28-39)36-14-4-3-5-15-36)41-30-32-46-44-19-9-12-22-49(44)56(53(46)35-41)50-23-13-10-20-47(50)54-42-17-7-6-16-38(42)26-33-51(54)56/h3-35H,1-2H3/i3D,4D,5D,14D,15D. The molecule has 1 atom stereocenters. The molecular formula is C56H39N. The van der Waals surface area contributed by atoms with E-state index in [1.807, 2.05) is 24.3 Å². The summed E-state index contributed by atoms with van der Waals surface area (Å²) in [7, 11) is 0. The first kappa shape index (κ1) is 27.6. The summed E-state index contributed by atoms with van der Waals surface area (Å²) in [5.41, 5.74) is 18.0. The van der Waals surface area contributed by atoms with E-state index in [1.165, 1.54) is 77.5 Å². The molecule has 0 N–H and O–H groups in total. The third-order valence-electron chi connectivity index (χ3n) is 13.0. The molecule has 0 heterocycles. The summed E-state index contributed by atoms with van der Waals surface area (Å²) in [5, 5.41) is 2.47. The highest BCUT2D eigenvalue weighted by molar-refractivity contribution is 6.06. The number of fused-ring (bicyclic) bond motifs is 15. The van der Waals surface area contributed by atoms with Gasteiger partial charge >= 0.3 is 0 Å². The third-order valence-corrected chi connectivity index (χ3v) is 13.0. The Balaban J connectivity index is 1.10. The summed E-state index contributed by atoms with van der Waals surface area (Å²) in [6.45, 7) is 4.60. The lowest BCUT2D eigenvalue weighted by Gasteiger charge is -2.32. The fraction of sp³-hybridized carbons (Fsp3) is 0.0714. The number of nitrogens with zero attached hydrogens (tertiary/aromatic N) is 1. The average Bonchev–Trinajstić information content (AvgIpc) is 3.86. The fourth-order valence-electron chi connectivity index (χ4n) is 10.5. The van der Waals surface area contributed by atoms with E-state index >= 15 is 0 Å². The molecule has 57 heavy (non-hydrogen) atoms. The SMILES string of the molecule is [2H]c1c([2H])c([2H])c(-c2ccc(N(c3ccc4c(c3)C(C)(C)c3ccccc3-4)c3ccc4c(c3)C3(c5ccccc5-4)c4ccccc4-c4c3ccc3ccccc43)cc2)c([2H])c1[2H]. The van der Waals surface area contributed by atoms with Crippen molar-refractivity contribution in [1.29, 1.82) is 0 Å². The van der Waals surface area contributed by atoms with Gasteiger partial charge in [0, 0.05) is 22.5 Å². The summed E-state index contributed by atoms with van der Waals surface area (Å²) >= 11 is 0. The molecule has 0 saturated heterocycles. The molecule has 0 saturated carbocycles. The fourth-order valence-corrected chi connectivity index (χ4v) is 10.5. The van der Waals surface area contributed by atoms with Crippen LogP contribution in [0.5, 0.6) is 0 Å². The lowest BCUT2D eigenvalue weighted by molar-refractivity contribution is 0.660. The molecule has 0 amide bonds. The molecule has 1 unspecified atom stereocenters. The van der Waals surface area contributed by atoms with Crippen LogP contribution in [0.1, 0.15) is 54.1 Å². The third kappa shape index (κ3) is 4.34. The van der Waals surface area contributed by atoms with Gasteiger partial charge in [0.2, 0.25) is 0 Å². The maximum Gasteiger partial charge on any atom is 0.0726 e. The number of hydrogen-bond donors (Lipinski definition) is 0. The summed E-state index contributed by atoms with van der Waals surface area (Å²) in [6, 6.07) is 59.8. The minimum atomic E-state index is -0.560. The van der Waals surface area contributed by atoms with Crippen LogP contribution in [0.25, 0.3) is 55.3 Å². The smallest absolute Gasteiger partial charge is 0.0726 e. The highest BCUT2D eigenvalue weighted by Gasteiger charge is 2.52. The summed E-state index contributed by atoms with van der Waals surface area (Å²) in [6.07, 6.45) is 0. The Kier molecular flexibility index (Phi) is 5.70. The van der Waals surface area contributed by atoms with E-state index in [0.29, 0.717) is 5.56 Å². The Bertz CT molecular complexity index is 3370. The predicted octanol–water partition coefficient (Wildman–Crippen LogP) is 14.6. The van der Waals surface area contributed by atoms with Gasteiger partial charge in [0.15, 0.2) is 0 Å². The summed E-state index contributed by atoms with van der Waals surface area (Å²) < 4.78 is 42.3. The van der Waals surface area contributed by atoms with Crippen LogP contribution < -0.4 is 4.90 Å². The Morgan fingerprint density at radius 1 is 0.404 bits per heavy atom. The van der Waals surface area contributed by atoms with Crippen LogP contribution in [0.4, 0.5) is 17.1 Å². The number of rotatable bonds is 4. The minimum absolute atomic E-state index is 0.189. The van der Waals surface area contributed by atoms with Crippen LogP contribution in [0.3, 0.4) is 0 Å². The van der Waals surface area contributed by atoms with E-state index in [-0.39, 0.29) is 35.1 Å². The average molecular weight is 731 g/mol. The first-order valence-electron chi connectivity index (χ1n) is 22.2. The van der Waals surface area contributed by atoms with Gasteiger partial charge in [-0.05, 0) is 125 Å². The van der Waals surface area contributed by atoms with E-state index in [0.717, 1.165) is 17.1 Å². The first-order valence-corrected chi connectivity index (χ1v) is 19.7. The van der Waals surface area contributed by atoms with E-state index in [2.05, 4.69) is 164 Å². The highest BCUT2D eigenvalue weighted by Crippen LogP contribution is 2.64. The Hall–Kier alpha value is -6.96. The molecule has 0 fully saturated rings. The molecule has 0 bridgehead atoms. The monoisotopic (exact) mass is 730 g/mol. The van der Waals surface area contributed by atoms with Crippen molar-refractivity contribution in [2.45, 2.75) is 24.7 Å². The zero-order valence-corrected chi connectivity index (χ0v) is 31.6. The maximum atomic E-state index is 8.71. The van der Waals surface area contributed by atoms with Crippen LogP contribution in [-0.2, 0) is 10.8 Å². The number of hydrogen-bond acceptors (Lipinski definition) is 1. The second kappa shape index (κ2) is 11.8. The van der Waals surface area contributed by atoms with E-state index < -0.39 is 11.5 Å².